The maximum Gasteiger partial charge on any atom is 0.00828 e. The van der Waals surface area contributed by atoms with Gasteiger partial charge in [0.05, 0.1) is 0 Å². The van der Waals surface area contributed by atoms with Crippen LogP contribution in [-0.4, -0.2) is 48.6 Å². The van der Waals surface area contributed by atoms with Gasteiger partial charge in [0, 0.05) is 12.6 Å². The highest BCUT2D eigenvalue weighted by Gasteiger charge is 2.16. The molecule has 2 rings (SSSR count). The topological polar surface area (TPSA) is 15.3 Å². The lowest BCUT2D eigenvalue weighted by Gasteiger charge is -2.30. The molecule has 100 valence electrons. The Labute approximate surface area is 111 Å². The van der Waals surface area contributed by atoms with Gasteiger partial charge in [-0.1, -0.05) is 13.3 Å². The fourth-order valence-electron chi connectivity index (χ4n) is 2.92. The number of hydrogen-bond acceptors (Lipinski definition) is 3. The molecule has 0 spiro atoms. The molecule has 1 N–H and O–H groups in total. The maximum absolute atomic E-state index is 3.77. The number of nitrogens with one attached hydrogen (secondary N) is 1. The molecule has 0 aromatic carbocycles. The van der Waals surface area contributed by atoms with Gasteiger partial charge >= 0.3 is 0 Å². The number of thioether (sulfide) groups is 1. The number of likely N-dealkylation sites (tertiary alicyclic amines) is 1. The van der Waals surface area contributed by atoms with Crippen molar-refractivity contribution in [3.8, 4) is 0 Å². The van der Waals surface area contributed by atoms with Crippen LogP contribution in [0.15, 0.2) is 0 Å². The maximum atomic E-state index is 3.77. The van der Waals surface area contributed by atoms with Gasteiger partial charge in [-0.25, -0.2) is 0 Å². The van der Waals surface area contributed by atoms with Gasteiger partial charge in [-0.2, -0.15) is 11.8 Å². The summed E-state index contributed by atoms with van der Waals surface area (Å²) in [5.74, 6) is 3.53. The lowest BCUT2D eigenvalue weighted by atomic mass is 10.1. The third-order valence-electron chi connectivity index (χ3n) is 3.99. The van der Waals surface area contributed by atoms with E-state index >= 15 is 0 Å². The second-order valence-electron chi connectivity index (χ2n) is 5.76. The van der Waals surface area contributed by atoms with Crippen LogP contribution >= 0.6 is 11.8 Å². The van der Waals surface area contributed by atoms with E-state index in [2.05, 4.69) is 28.9 Å². The average Bonchev–Trinajstić information content (AvgIpc) is 2.39. The van der Waals surface area contributed by atoms with Gasteiger partial charge in [0.1, 0.15) is 0 Å². The molecule has 1 atom stereocenters. The first-order valence-electron chi connectivity index (χ1n) is 7.38. The first-order chi connectivity index (χ1) is 8.34. The van der Waals surface area contributed by atoms with Crippen molar-refractivity contribution in [1.82, 2.24) is 10.2 Å². The van der Waals surface area contributed by atoms with E-state index in [0.29, 0.717) is 0 Å². The Morgan fingerprint density at radius 3 is 2.59 bits per heavy atom. The average molecular weight is 256 g/mol. The minimum Gasteiger partial charge on any atom is -0.314 e. The zero-order chi connectivity index (χ0) is 11.9. The third-order valence-corrected chi connectivity index (χ3v) is 5.04. The van der Waals surface area contributed by atoms with E-state index in [9.17, 15) is 0 Å². The number of nitrogens with zero attached hydrogens (tertiary/aromatic N) is 1. The molecule has 2 aliphatic heterocycles. The van der Waals surface area contributed by atoms with E-state index in [0.717, 1.165) is 12.0 Å². The van der Waals surface area contributed by atoms with Crippen LogP contribution in [0.2, 0.25) is 0 Å². The fraction of sp³-hybridized carbons (Fsp3) is 1.00. The Morgan fingerprint density at radius 1 is 1.18 bits per heavy atom. The third kappa shape index (κ3) is 5.19. The van der Waals surface area contributed by atoms with Gasteiger partial charge in [0.25, 0.3) is 0 Å². The molecule has 0 saturated carbocycles. The zero-order valence-corrected chi connectivity index (χ0v) is 12.1. The van der Waals surface area contributed by atoms with Gasteiger partial charge in [0.2, 0.25) is 0 Å². The standard InChI is InChI=1S/C14H28N2S/c1-13(12-16-7-3-2-4-8-16)11-15-14-5-9-17-10-6-14/h13-15H,2-12H2,1H3. The molecule has 1 unspecified atom stereocenters. The summed E-state index contributed by atoms with van der Waals surface area (Å²) in [6.07, 6.45) is 7.03. The van der Waals surface area contributed by atoms with E-state index in [1.165, 1.54) is 69.8 Å². The summed E-state index contributed by atoms with van der Waals surface area (Å²) in [6, 6.07) is 0.806. The fourth-order valence-corrected chi connectivity index (χ4v) is 4.02. The van der Waals surface area contributed by atoms with Crippen LogP contribution in [0.5, 0.6) is 0 Å². The summed E-state index contributed by atoms with van der Waals surface area (Å²) < 4.78 is 0. The summed E-state index contributed by atoms with van der Waals surface area (Å²) in [5.41, 5.74) is 0. The van der Waals surface area contributed by atoms with Crippen molar-refractivity contribution in [3.63, 3.8) is 0 Å². The molecule has 2 nitrogen and oxygen atoms in total. The molecule has 2 saturated heterocycles. The van der Waals surface area contributed by atoms with Gasteiger partial charge < -0.3 is 10.2 Å². The summed E-state index contributed by atoms with van der Waals surface area (Å²) >= 11 is 2.11. The summed E-state index contributed by atoms with van der Waals surface area (Å²) in [7, 11) is 0. The smallest absolute Gasteiger partial charge is 0.00828 e. The Kier molecular flexibility index (Phi) is 6.16. The monoisotopic (exact) mass is 256 g/mol. The molecule has 0 amide bonds. The van der Waals surface area contributed by atoms with Crippen LogP contribution in [0.1, 0.15) is 39.0 Å². The lowest BCUT2D eigenvalue weighted by molar-refractivity contribution is 0.197. The van der Waals surface area contributed by atoms with Crippen LogP contribution < -0.4 is 5.32 Å². The van der Waals surface area contributed by atoms with Crippen LogP contribution in [0.25, 0.3) is 0 Å². The summed E-state index contributed by atoms with van der Waals surface area (Å²) in [4.78, 5) is 2.66. The molecule has 3 heteroatoms. The SMILES string of the molecule is CC(CNC1CCSCC1)CN1CCCCC1. The van der Waals surface area contributed by atoms with Gasteiger partial charge in [-0.15, -0.1) is 0 Å². The minimum absolute atomic E-state index is 0.806. The Morgan fingerprint density at radius 2 is 1.88 bits per heavy atom. The molecule has 2 aliphatic rings. The quantitative estimate of drug-likeness (QED) is 0.814. The van der Waals surface area contributed by atoms with Gasteiger partial charge in [-0.05, 0) is 62.7 Å². The Hall–Kier alpha value is 0.270. The Balaban J connectivity index is 1.57. The van der Waals surface area contributed by atoms with Crippen molar-refractivity contribution >= 4 is 11.8 Å². The van der Waals surface area contributed by atoms with E-state index in [1.54, 1.807) is 0 Å². The van der Waals surface area contributed by atoms with E-state index < -0.39 is 0 Å². The van der Waals surface area contributed by atoms with Crippen molar-refractivity contribution in [2.45, 2.75) is 45.1 Å². The van der Waals surface area contributed by atoms with E-state index in [1.807, 2.05) is 0 Å². The van der Waals surface area contributed by atoms with Crippen LogP contribution in [0.3, 0.4) is 0 Å². The molecule has 2 heterocycles. The molecule has 0 bridgehead atoms. The molecular weight excluding hydrogens is 228 g/mol. The van der Waals surface area contributed by atoms with Gasteiger partial charge in [-0.3, -0.25) is 0 Å². The second kappa shape index (κ2) is 7.65. The largest absolute Gasteiger partial charge is 0.314 e. The molecule has 0 aromatic heterocycles. The molecule has 0 aliphatic carbocycles. The van der Waals surface area contributed by atoms with Crippen LogP contribution in [0.4, 0.5) is 0 Å². The van der Waals surface area contributed by atoms with Crippen molar-refractivity contribution in [3.05, 3.63) is 0 Å². The summed E-state index contributed by atoms with van der Waals surface area (Å²) in [5, 5.41) is 3.77. The van der Waals surface area contributed by atoms with E-state index in [-0.39, 0.29) is 0 Å². The molecule has 17 heavy (non-hydrogen) atoms. The first kappa shape index (κ1) is 13.7. The number of hydrogen-bond donors (Lipinski definition) is 1. The van der Waals surface area contributed by atoms with E-state index in [4.69, 9.17) is 0 Å². The van der Waals surface area contributed by atoms with Crippen molar-refractivity contribution in [1.29, 1.82) is 0 Å². The van der Waals surface area contributed by atoms with Crippen LogP contribution in [-0.2, 0) is 0 Å². The summed E-state index contributed by atoms with van der Waals surface area (Å²) in [6.45, 7) is 7.59. The lowest BCUT2D eigenvalue weighted by Crippen LogP contribution is -2.40. The van der Waals surface area contributed by atoms with Crippen molar-refractivity contribution in [2.24, 2.45) is 5.92 Å². The number of rotatable bonds is 5. The molecule has 0 aromatic rings. The highest BCUT2D eigenvalue weighted by Crippen LogP contribution is 2.17. The minimum atomic E-state index is 0.806. The second-order valence-corrected chi connectivity index (χ2v) is 6.99. The van der Waals surface area contributed by atoms with Crippen molar-refractivity contribution < 1.29 is 0 Å². The van der Waals surface area contributed by atoms with Crippen LogP contribution in [0, 0.1) is 5.92 Å². The Bertz CT molecular complexity index is 198. The number of piperidine rings is 1. The first-order valence-corrected chi connectivity index (χ1v) is 8.53. The highest BCUT2D eigenvalue weighted by atomic mass is 32.2. The molecule has 2 fully saturated rings. The predicted molar refractivity (Wildman–Crippen MR) is 77.8 cm³/mol. The predicted octanol–water partition coefficient (Wildman–Crippen LogP) is 2.59. The highest BCUT2D eigenvalue weighted by molar-refractivity contribution is 7.99. The molecule has 0 radical (unpaired) electrons. The zero-order valence-electron chi connectivity index (χ0n) is 11.3. The normalized spacial score (nSPS) is 25.9. The van der Waals surface area contributed by atoms with Gasteiger partial charge in [0.15, 0.2) is 0 Å². The molecular formula is C14H28N2S. The van der Waals surface area contributed by atoms with Crippen molar-refractivity contribution in [2.75, 3.05) is 37.7 Å².